The molecule has 0 bridgehead atoms. The van der Waals surface area contributed by atoms with Crippen LogP contribution in [0.25, 0.3) is 0 Å². The Kier molecular flexibility index (Phi) is 3.18. The molecule has 2 unspecified atom stereocenters. The van der Waals surface area contributed by atoms with Crippen LogP contribution in [0.3, 0.4) is 0 Å². The Hall–Kier alpha value is -0.530. The number of amides is 1. The third-order valence-corrected chi connectivity index (χ3v) is 3.63. The summed E-state index contributed by atoms with van der Waals surface area (Å²) < 4.78 is 0. The molecule has 0 spiro atoms. The number of piperidine rings is 1. The highest BCUT2D eigenvalue weighted by Gasteiger charge is 2.40. The molecule has 0 aromatic rings. The van der Waals surface area contributed by atoms with Gasteiger partial charge in [0.05, 0.1) is 0 Å². The van der Waals surface area contributed by atoms with Crippen LogP contribution in [-0.4, -0.2) is 12.5 Å². The first-order valence-corrected chi connectivity index (χ1v) is 5.90. The molecule has 15 heavy (non-hydrogen) atoms. The third-order valence-electron chi connectivity index (χ3n) is 3.63. The normalized spacial score (nSPS) is 28.8. The highest BCUT2D eigenvalue weighted by atomic mass is 16.2. The summed E-state index contributed by atoms with van der Waals surface area (Å²) in [6.45, 7) is 14.1. The van der Waals surface area contributed by atoms with Crippen molar-refractivity contribution in [1.82, 2.24) is 5.32 Å². The molecule has 2 heteroatoms. The first kappa shape index (κ1) is 12.5. The molecule has 0 saturated carbocycles. The minimum absolute atomic E-state index is 0.0774. The number of rotatable bonds is 0. The van der Waals surface area contributed by atoms with Crippen LogP contribution in [0, 0.1) is 22.7 Å². The fraction of sp³-hybridized carbons (Fsp3) is 0.923. The quantitative estimate of drug-likeness (QED) is 0.656. The molecule has 2 atom stereocenters. The van der Waals surface area contributed by atoms with Crippen molar-refractivity contribution in [3.05, 3.63) is 0 Å². The van der Waals surface area contributed by atoms with E-state index in [0.29, 0.717) is 5.92 Å². The maximum absolute atomic E-state index is 11.8. The fourth-order valence-electron chi connectivity index (χ4n) is 2.23. The van der Waals surface area contributed by atoms with E-state index in [1.54, 1.807) is 0 Å². The lowest BCUT2D eigenvalue weighted by molar-refractivity contribution is -0.132. The average Bonchev–Trinajstić information content (AvgIpc) is 2.00. The van der Waals surface area contributed by atoms with Crippen molar-refractivity contribution in [1.29, 1.82) is 0 Å². The van der Waals surface area contributed by atoms with E-state index in [2.05, 4.69) is 46.9 Å². The smallest absolute Gasteiger partial charge is 0.223 e. The summed E-state index contributed by atoms with van der Waals surface area (Å²) in [5.41, 5.74) is 0.366. The highest BCUT2D eigenvalue weighted by Crippen LogP contribution is 2.39. The molecule has 1 heterocycles. The lowest BCUT2D eigenvalue weighted by Gasteiger charge is -2.41. The van der Waals surface area contributed by atoms with Crippen LogP contribution in [0.2, 0.25) is 0 Å². The summed E-state index contributed by atoms with van der Waals surface area (Å²) in [5, 5.41) is 3.06. The molecule has 1 rings (SSSR count). The predicted molar refractivity (Wildman–Crippen MR) is 63.5 cm³/mol. The minimum atomic E-state index is 0.0774. The van der Waals surface area contributed by atoms with Crippen LogP contribution in [0.15, 0.2) is 0 Å². The summed E-state index contributed by atoms with van der Waals surface area (Å²) >= 11 is 0. The van der Waals surface area contributed by atoms with Crippen molar-refractivity contribution in [2.45, 2.75) is 48.0 Å². The van der Waals surface area contributed by atoms with Gasteiger partial charge in [-0.2, -0.15) is 0 Å². The maximum atomic E-state index is 11.8. The van der Waals surface area contributed by atoms with E-state index >= 15 is 0 Å². The maximum Gasteiger partial charge on any atom is 0.223 e. The Morgan fingerprint density at radius 2 is 1.60 bits per heavy atom. The van der Waals surface area contributed by atoms with Crippen LogP contribution >= 0.6 is 0 Å². The molecule has 0 aromatic heterocycles. The molecule has 0 aromatic carbocycles. The summed E-state index contributed by atoms with van der Waals surface area (Å²) in [4.78, 5) is 11.8. The number of hydrogen-bond acceptors (Lipinski definition) is 1. The monoisotopic (exact) mass is 211 g/mol. The summed E-state index contributed by atoms with van der Waals surface area (Å²) in [6, 6.07) is 0. The van der Waals surface area contributed by atoms with Crippen molar-refractivity contribution in [2.24, 2.45) is 22.7 Å². The first-order valence-electron chi connectivity index (χ1n) is 5.90. The molecule has 1 aliphatic rings. The second-order valence-corrected chi connectivity index (χ2v) is 6.96. The SMILES string of the molecule is CC(C)(C)C1CNC(=O)C(C(C)(C)C)C1. The predicted octanol–water partition coefficient (Wildman–Crippen LogP) is 2.83. The Bertz CT molecular complexity index is 244. The third kappa shape index (κ3) is 2.96. The summed E-state index contributed by atoms with van der Waals surface area (Å²) in [7, 11) is 0. The van der Waals surface area contributed by atoms with Gasteiger partial charge in [0, 0.05) is 12.5 Å². The molecule has 1 fully saturated rings. The minimum Gasteiger partial charge on any atom is -0.356 e. The van der Waals surface area contributed by atoms with E-state index in [0.717, 1.165) is 13.0 Å². The van der Waals surface area contributed by atoms with Crippen molar-refractivity contribution in [2.75, 3.05) is 6.54 Å². The number of carbonyl (C=O) groups is 1. The van der Waals surface area contributed by atoms with Crippen LogP contribution in [0.5, 0.6) is 0 Å². The Morgan fingerprint density at radius 3 is 2.00 bits per heavy atom. The van der Waals surface area contributed by atoms with Gasteiger partial charge in [0.25, 0.3) is 0 Å². The number of carbonyl (C=O) groups excluding carboxylic acids is 1. The van der Waals surface area contributed by atoms with E-state index in [1.165, 1.54) is 0 Å². The van der Waals surface area contributed by atoms with Gasteiger partial charge in [0.2, 0.25) is 5.91 Å². The Balaban J connectivity index is 2.78. The highest BCUT2D eigenvalue weighted by molar-refractivity contribution is 5.80. The molecule has 0 radical (unpaired) electrons. The van der Waals surface area contributed by atoms with Gasteiger partial charge in [0.15, 0.2) is 0 Å². The van der Waals surface area contributed by atoms with Crippen LogP contribution in [-0.2, 0) is 4.79 Å². The van der Waals surface area contributed by atoms with Crippen molar-refractivity contribution >= 4 is 5.91 Å². The van der Waals surface area contributed by atoms with Crippen LogP contribution in [0.4, 0.5) is 0 Å². The first-order chi connectivity index (χ1) is 6.62. The Labute approximate surface area is 93.8 Å². The Morgan fingerprint density at radius 1 is 1.07 bits per heavy atom. The zero-order chi connectivity index (χ0) is 11.9. The van der Waals surface area contributed by atoms with Gasteiger partial charge in [-0.3, -0.25) is 4.79 Å². The lowest BCUT2D eigenvalue weighted by atomic mass is 9.67. The molecule has 1 N–H and O–H groups in total. The van der Waals surface area contributed by atoms with Gasteiger partial charge in [-0.1, -0.05) is 41.5 Å². The van der Waals surface area contributed by atoms with Gasteiger partial charge in [-0.25, -0.2) is 0 Å². The van der Waals surface area contributed by atoms with Crippen molar-refractivity contribution in [3.63, 3.8) is 0 Å². The van der Waals surface area contributed by atoms with E-state index in [1.807, 2.05) is 0 Å². The van der Waals surface area contributed by atoms with E-state index in [4.69, 9.17) is 0 Å². The number of hydrogen-bond donors (Lipinski definition) is 1. The zero-order valence-electron chi connectivity index (χ0n) is 11.0. The number of nitrogens with one attached hydrogen (secondary N) is 1. The fourth-order valence-corrected chi connectivity index (χ4v) is 2.23. The molecule has 1 aliphatic heterocycles. The second-order valence-electron chi connectivity index (χ2n) is 6.96. The van der Waals surface area contributed by atoms with Crippen molar-refractivity contribution < 1.29 is 4.79 Å². The van der Waals surface area contributed by atoms with E-state index in [-0.39, 0.29) is 22.7 Å². The summed E-state index contributed by atoms with van der Waals surface area (Å²) in [5.74, 6) is 0.998. The molecule has 1 saturated heterocycles. The largest absolute Gasteiger partial charge is 0.356 e. The average molecular weight is 211 g/mol. The second kappa shape index (κ2) is 3.80. The van der Waals surface area contributed by atoms with Crippen LogP contribution < -0.4 is 5.32 Å². The molecular formula is C13H25NO. The molecular weight excluding hydrogens is 186 g/mol. The van der Waals surface area contributed by atoms with Gasteiger partial charge in [-0.15, -0.1) is 0 Å². The van der Waals surface area contributed by atoms with E-state index in [9.17, 15) is 4.79 Å². The lowest BCUT2D eigenvalue weighted by Crippen LogP contribution is -2.49. The van der Waals surface area contributed by atoms with Crippen molar-refractivity contribution in [3.8, 4) is 0 Å². The van der Waals surface area contributed by atoms with Gasteiger partial charge in [-0.05, 0) is 23.2 Å². The molecule has 2 nitrogen and oxygen atoms in total. The molecule has 88 valence electrons. The van der Waals surface area contributed by atoms with Crippen LogP contribution in [0.1, 0.15) is 48.0 Å². The molecule has 1 amide bonds. The molecule has 0 aliphatic carbocycles. The zero-order valence-corrected chi connectivity index (χ0v) is 11.0. The van der Waals surface area contributed by atoms with Gasteiger partial charge >= 0.3 is 0 Å². The van der Waals surface area contributed by atoms with Gasteiger partial charge in [0.1, 0.15) is 0 Å². The standard InChI is InChI=1S/C13H25NO/c1-12(2,3)9-7-10(13(4,5)6)11(15)14-8-9/h9-10H,7-8H2,1-6H3,(H,14,15). The summed E-state index contributed by atoms with van der Waals surface area (Å²) in [6.07, 6.45) is 1.03. The topological polar surface area (TPSA) is 29.1 Å². The van der Waals surface area contributed by atoms with Gasteiger partial charge < -0.3 is 5.32 Å². The van der Waals surface area contributed by atoms with E-state index < -0.39 is 0 Å².